The van der Waals surface area contributed by atoms with Crippen LogP contribution in [0.15, 0.2) is 4.99 Å². The molecule has 0 heterocycles. The lowest BCUT2D eigenvalue weighted by Crippen LogP contribution is -2.42. The first-order valence-electron chi connectivity index (χ1n) is 11.1. The van der Waals surface area contributed by atoms with E-state index in [9.17, 15) is 8.42 Å². The fourth-order valence-corrected chi connectivity index (χ4v) is 4.96. The van der Waals surface area contributed by atoms with Crippen molar-refractivity contribution in [3.63, 3.8) is 0 Å². The lowest BCUT2D eigenvalue weighted by molar-refractivity contribution is 0.107. The van der Waals surface area contributed by atoms with E-state index in [4.69, 9.17) is 9.73 Å². The molecule has 0 spiro atoms. The van der Waals surface area contributed by atoms with Gasteiger partial charge in [0.1, 0.15) is 0 Å². The molecule has 0 amide bonds. The molecule has 9 heteroatoms. The zero-order valence-electron chi connectivity index (χ0n) is 18.2. The first-order chi connectivity index (χ1) is 13.5. The van der Waals surface area contributed by atoms with Gasteiger partial charge in [0, 0.05) is 39.4 Å². The van der Waals surface area contributed by atoms with Crippen molar-refractivity contribution in [1.29, 1.82) is 0 Å². The van der Waals surface area contributed by atoms with Crippen LogP contribution < -0.4 is 15.4 Å². The molecule has 0 aromatic rings. The second-order valence-electron chi connectivity index (χ2n) is 8.24. The number of ether oxygens (including phenoxy) is 1. The van der Waals surface area contributed by atoms with Gasteiger partial charge < -0.3 is 15.4 Å². The lowest BCUT2D eigenvalue weighted by atomic mass is 9.83. The third kappa shape index (κ3) is 10.1. The van der Waals surface area contributed by atoms with Crippen LogP contribution >= 0.6 is 24.0 Å². The van der Waals surface area contributed by atoms with Crippen LogP contribution in [0, 0.1) is 11.3 Å². The SMILES string of the molecule is CCNC(=NCC1(CCOCC)CCCC1)NCCS(=O)(=O)NCC1CCC1.I. The molecule has 0 radical (unpaired) electrons. The number of guanidine groups is 1. The highest BCUT2D eigenvalue weighted by molar-refractivity contribution is 14.0. The predicted molar refractivity (Wildman–Crippen MR) is 131 cm³/mol. The fourth-order valence-electron chi connectivity index (χ4n) is 3.95. The minimum Gasteiger partial charge on any atom is -0.382 e. The molecule has 0 aromatic heterocycles. The Morgan fingerprint density at radius 2 is 1.86 bits per heavy atom. The van der Waals surface area contributed by atoms with Gasteiger partial charge in [0.25, 0.3) is 0 Å². The number of nitrogens with zero attached hydrogens (tertiary/aromatic N) is 1. The van der Waals surface area contributed by atoms with Crippen molar-refractivity contribution in [3.05, 3.63) is 0 Å². The second kappa shape index (κ2) is 14.0. The summed E-state index contributed by atoms with van der Waals surface area (Å²) in [5, 5.41) is 6.43. The highest BCUT2D eigenvalue weighted by Crippen LogP contribution is 2.41. The molecule has 172 valence electrons. The third-order valence-corrected chi connectivity index (χ3v) is 7.39. The van der Waals surface area contributed by atoms with Crippen LogP contribution in [0.5, 0.6) is 0 Å². The van der Waals surface area contributed by atoms with E-state index in [2.05, 4.69) is 15.4 Å². The Balaban J connectivity index is 0.00000420. The summed E-state index contributed by atoms with van der Waals surface area (Å²) in [5.74, 6) is 1.31. The van der Waals surface area contributed by atoms with Crippen molar-refractivity contribution in [3.8, 4) is 0 Å². The number of halogens is 1. The topological polar surface area (TPSA) is 91.8 Å². The Hall–Kier alpha value is -0.130. The number of hydrogen-bond acceptors (Lipinski definition) is 4. The molecule has 0 unspecified atom stereocenters. The molecule has 7 nitrogen and oxygen atoms in total. The van der Waals surface area contributed by atoms with Gasteiger partial charge in [-0.3, -0.25) is 4.99 Å². The van der Waals surface area contributed by atoms with Crippen LogP contribution in [0.25, 0.3) is 0 Å². The summed E-state index contributed by atoms with van der Waals surface area (Å²) in [6.07, 6.45) is 9.47. The molecule has 0 aliphatic heterocycles. The molecule has 3 N–H and O–H groups in total. The monoisotopic (exact) mass is 544 g/mol. The molecule has 2 fully saturated rings. The fraction of sp³-hybridized carbons (Fsp3) is 0.950. The van der Waals surface area contributed by atoms with Crippen molar-refractivity contribution in [2.75, 3.05) is 45.1 Å². The third-order valence-electron chi connectivity index (χ3n) is 6.04. The maximum absolute atomic E-state index is 12.2. The average molecular weight is 545 g/mol. The van der Waals surface area contributed by atoms with E-state index in [-0.39, 0.29) is 35.1 Å². The van der Waals surface area contributed by atoms with Gasteiger partial charge in [0.05, 0.1) is 5.75 Å². The molecule has 2 saturated carbocycles. The number of aliphatic imine (C=N–C) groups is 1. The van der Waals surface area contributed by atoms with Crippen LogP contribution in [-0.2, 0) is 14.8 Å². The summed E-state index contributed by atoms with van der Waals surface area (Å²) < 4.78 is 32.6. The number of nitrogens with one attached hydrogen (secondary N) is 3. The van der Waals surface area contributed by atoms with Crippen LogP contribution in [0.2, 0.25) is 0 Å². The lowest BCUT2D eigenvalue weighted by Gasteiger charge is -2.27. The van der Waals surface area contributed by atoms with Crippen molar-refractivity contribution < 1.29 is 13.2 Å². The molecule has 2 aliphatic rings. The van der Waals surface area contributed by atoms with Crippen LogP contribution in [-0.4, -0.2) is 59.5 Å². The second-order valence-corrected chi connectivity index (χ2v) is 10.2. The van der Waals surface area contributed by atoms with Gasteiger partial charge >= 0.3 is 0 Å². The number of sulfonamides is 1. The number of rotatable bonds is 13. The minimum absolute atomic E-state index is 0. The van der Waals surface area contributed by atoms with E-state index >= 15 is 0 Å². The summed E-state index contributed by atoms with van der Waals surface area (Å²) in [6, 6.07) is 0. The zero-order chi connectivity index (χ0) is 20.3. The first kappa shape index (κ1) is 26.9. The highest BCUT2D eigenvalue weighted by atomic mass is 127. The summed E-state index contributed by atoms with van der Waals surface area (Å²) in [7, 11) is -3.23. The Morgan fingerprint density at radius 3 is 2.45 bits per heavy atom. The number of hydrogen-bond donors (Lipinski definition) is 3. The molecule has 2 aliphatic carbocycles. The van der Waals surface area contributed by atoms with Gasteiger partial charge in [-0.25, -0.2) is 13.1 Å². The van der Waals surface area contributed by atoms with Crippen LogP contribution in [0.1, 0.15) is 65.2 Å². The quantitative estimate of drug-likeness (QED) is 0.144. The Kier molecular flexibility index (Phi) is 13.0. The van der Waals surface area contributed by atoms with Gasteiger partial charge in [-0.05, 0) is 57.3 Å². The van der Waals surface area contributed by atoms with Gasteiger partial charge in [-0.15, -0.1) is 24.0 Å². The van der Waals surface area contributed by atoms with Gasteiger partial charge in [-0.2, -0.15) is 0 Å². The van der Waals surface area contributed by atoms with Gasteiger partial charge in [0.15, 0.2) is 5.96 Å². The summed E-state index contributed by atoms with van der Waals surface area (Å²) in [6.45, 7) is 8.06. The Labute approximate surface area is 194 Å². The van der Waals surface area contributed by atoms with Crippen molar-refractivity contribution in [2.45, 2.75) is 65.2 Å². The summed E-state index contributed by atoms with van der Waals surface area (Å²) in [5.41, 5.74) is 0.230. The van der Waals surface area contributed by atoms with Crippen molar-refractivity contribution in [1.82, 2.24) is 15.4 Å². The molecule has 29 heavy (non-hydrogen) atoms. The Morgan fingerprint density at radius 1 is 1.14 bits per heavy atom. The van der Waals surface area contributed by atoms with E-state index in [1.54, 1.807) is 0 Å². The molecule has 0 atom stereocenters. The van der Waals surface area contributed by atoms with E-state index in [0.717, 1.165) is 45.6 Å². The minimum atomic E-state index is -3.23. The molecular formula is C20H41IN4O3S. The van der Waals surface area contributed by atoms with Gasteiger partial charge in [-0.1, -0.05) is 19.3 Å². The predicted octanol–water partition coefficient (Wildman–Crippen LogP) is 2.87. The Bertz CT molecular complexity index is 576. The van der Waals surface area contributed by atoms with Crippen molar-refractivity contribution >= 4 is 40.0 Å². The maximum atomic E-state index is 12.2. The van der Waals surface area contributed by atoms with Crippen LogP contribution in [0.4, 0.5) is 0 Å². The normalized spacial score (nSPS) is 19.4. The van der Waals surface area contributed by atoms with Crippen molar-refractivity contribution in [2.24, 2.45) is 16.3 Å². The summed E-state index contributed by atoms with van der Waals surface area (Å²) >= 11 is 0. The molecular weight excluding hydrogens is 503 g/mol. The van der Waals surface area contributed by atoms with Crippen LogP contribution in [0.3, 0.4) is 0 Å². The zero-order valence-corrected chi connectivity index (χ0v) is 21.3. The molecule has 2 rings (SSSR count). The smallest absolute Gasteiger partial charge is 0.213 e. The standard InChI is InChI=1S/C20H40N4O3S.HI/c1-3-21-19(22-13-15-28(25,26)24-16-18-8-7-9-18)23-17-20(10-5-6-11-20)12-14-27-4-2;/h18,24H,3-17H2,1-2H3,(H2,21,22,23);1H. The summed E-state index contributed by atoms with van der Waals surface area (Å²) in [4.78, 5) is 4.79. The van der Waals surface area contributed by atoms with E-state index < -0.39 is 10.0 Å². The van der Waals surface area contributed by atoms with E-state index in [0.29, 0.717) is 25.0 Å². The van der Waals surface area contributed by atoms with E-state index in [1.165, 1.54) is 32.1 Å². The largest absolute Gasteiger partial charge is 0.382 e. The molecule has 0 aromatic carbocycles. The maximum Gasteiger partial charge on any atom is 0.213 e. The molecule has 0 saturated heterocycles. The average Bonchev–Trinajstić information content (AvgIpc) is 3.07. The highest BCUT2D eigenvalue weighted by Gasteiger charge is 2.33. The van der Waals surface area contributed by atoms with Gasteiger partial charge in [0.2, 0.25) is 10.0 Å². The molecule has 0 bridgehead atoms. The first-order valence-corrected chi connectivity index (χ1v) is 12.7. The van der Waals surface area contributed by atoms with E-state index in [1.807, 2.05) is 13.8 Å².